The van der Waals surface area contributed by atoms with E-state index in [1.54, 1.807) is 22.8 Å². The molecule has 212 valence electrons. The third kappa shape index (κ3) is 15.1. The average molecular weight is 527 g/mol. The Morgan fingerprint density at radius 3 is 2.24 bits per heavy atom. The quantitative estimate of drug-likeness (QED) is 0.175. The topological polar surface area (TPSA) is 0 Å². The third-order valence-corrected chi connectivity index (χ3v) is 8.13. The summed E-state index contributed by atoms with van der Waals surface area (Å²) >= 11 is 4.26. The summed E-state index contributed by atoms with van der Waals surface area (Å²) in [4.78, 5) is 0. The lowest BCUT2D eigenvalue weighted by molar-refractivity contribution is 0.289. The number of allylic oxidation sites excluding steroid dienone is 3. The lowest BCUT2D eigenvalue weighted by Crippen LogP contribution is -2.11. The van der Waals surface area contributed by atoms with Gasteiger partial charge in [0.1, 0.15) is 0 Å². The van der Waals surface area contributed by atoms with Crippen molar-refractivity contribution in [3.63, 3.8) is 0 Å². The van der Waals surface area contributed by atoms with Gasteiger partial charge in [0.2, 0.25) is 0 Å². The second kappa shape index (κ2) is 23.9. The lowest BCUT2D eigenvalue weighted by atomic mass is 9.82. The van der Waals surface area contributed by atoms with Crippen LogP contribution in [0.2, 0.25) is 0 Å². The highest BCUT2D eigenvalue weighted by atomic mass is 32.1. The van der Waals surface area contributed by atoms with Crippen LogP contribution in [0, 0.1) is 11.8 Å². The molecule has 2 atom stereocenters. The van der Waals surface area contributed by atoms with E-state index in [0.29, 0.717) is 0 Å². The summed E-state index contributed by atoms with van der Waals surface area (Å²) in [5.41, 5.74) is 8.87. The first-order chi connectivity index (χ1) is 18.0. The van der Waals surface area contributed by atoms with Crippen molar-refractivity contribution in [1.29, 1.82) is 0 Å². The van der Waals surface area contributed by atoms with Crippen molar-refractivity contribution in [2.75, 3.05) is 5.75 Å². The van der Waals surface area contributed by atoms with Crippen molar-refractivity contribution >= 4 is 18.2 Å². The minimum Gasteiger partial charge on any atom is -0.179 e. The summed E-state index contributed by atoms with van der Waals surface area (Å²) in [5.74, 6) is 3.73. The zero-order valence-corrected chi connectivity index (χ0v) is 26.8. The minimum absolute atomic E-state index is 0.771. The van der Waals surface area contributed by atoms with Crippen LogP contribution in [-0.4, -0.2) is 5.75 Å². The van der Waals surface area contributed by atoms with Crippen LogP contribution in [0.4, 0.5) is 0 Å². The Labute approximate surface area is 238 Å². The van der Waals surface area contributed by atoms with E-state index in [-0.39, 0.29) is 0 Å². The first-order valence-electron chi connectivity index (χ1n) is 15.8. The molecular formula is C36H62S. The maximum absolute atomic E-state index is 4.26. The monoisotopic (exact) mass is 526 g/mol. The fourth-order valence-corrected chi connectivity index (χ4v) is 5.85. The van der Waals surface area contributed by atoms with Gasteiger partial charge in [-0.25, -0.2) is 0 Å². The van der Waals surface area contributed by atoms with Gasteiger partial charge in [0.15, 0.2) is 0 Å². The molecule has 0 nitrogen and oxygen atoms in total. The first kappa shape index (κ1) is 35.8. The fraction of sp³-hybridized carbons (Fsp3) is 0.694. The van der Waals surface area contributed by atoms with Gasteiger partial charge in [-0.1, -0.05) is 111 Å². The van der Waals surface area contributed by atoms with Gasteiger partial charge in [-0.3, -0.25) is 0 Å². The van der Waals surface area contributed by atoms with Crippen molar-refractivity contribution in [1.82, 2.24) is 0 Å². The molecule has 2 unspecified atom stereocenters. The van der Waals surface area contributed by atoms with E-state index >= 15 is 0 Å². The van der Waals surface area contributed by atoms with Crippen LogP contribution in [0.1, 0.15) is 155 Å². The van der Waals surface area contributed by atoms with Crippen molar-refractivity contribution < 1.29 is 0 Å². The number of unbranched alkanes of at least 4 members (excludes halogenated alkanes) is 1. The number of benzene rings is 1. The fourth-order valence-electron chi connectivity index (χ4n) is 5.63. The maximum atomic E-state index is 4.26. The molecule has 2 aliphatic rings. The van der Waals surface area contributed by atoms with E-state index < -0.39 is 0 Å². The normalized spacial score (nSPS) is 16.8. The Morgan fingerprint density at radius 1 is 1.03 bits per heavy atom. The molecule has 0 N–H and O–H groups in total. The summed E-state index contributed by atoms with van der Waals surface area (Å²) in [6, 6.07) is 7.23. The smallest absolute Gasteiger partial charge is 0.00979 e. The largest absolute Gasteiger partial charge is 0.179 e. The maximum Gasteiger partial charge on any atom is -0.00979 e. The zero-order valence-electron chi connectivity index (χ0n) is 25.9. The van der Waals surface area contributed by atoms with Crippen molar-refractivity contribution in [2.45, 2.75) is 144 Å². The molecule has 0 spiro atoms. The third-order valence-electron chi connectivity index (χ3n) is 7.81. The molecule has 2 aliphatic carbocycles. The van der Waals surface area contributed by atoms with Crippen LogP contribution < -0.4 is 0 Å². The molecule has 0 heterocycles. The average Bonchev–Trinajstić information content (AvgIpc) is 2.95. The van der Waals surface area contributed by atoms with Crippen molar-refractivity contribution in [3.8, 4) is 0 Å². The van der Waals surface area contributed by atoms with Gasteiger partial charge in [-0.2, -0.15) is 12.6 Å². The van der Waals surface area contributed by atoms with Gasteiger partial charge in [-0.15, -0.1) is 5.73 Å². The Hall–Kier alpha value is -1.17. The zero-order chi connectivity index (χ0) is 27.9. The standard InChI is InChI=1S/C17H22.C13H28S.C4H6.C2H6/c1-13-6-5-9-16-12-15(10-11-17(13)16)14-7-3-2-4-8-14;1-4-8-13(9-5-2)12(3)10-6-7-11-14;1-3-4-2;1-2/h7,10-13H,2-6,8-9H2,1H3;12-14H,4-11H2,1-3H3;4H,1H2,2H3;1-2H3. The van der Waals surface area contributed by atoms with Gasteiger partial charge in [0, 0.05) is 0 Å². The Bertz CT molecular complexity index is 746. The van der Waals surface area contributed by atoms with Crippen LogP contribution in [0.15, 0.2) is 42.7 Å². The molecule has 1 aromatic carbocycles. The van der Waals surface area contributed by atoms with Crippen LogP contribution in [0.5, 0.6) is 0 Å². The number of aryl methyl sites for hydroxylation is 1. The number of hydrogen-bond donors (Lipinski definition) is 1. The van der Waals surface area contributed by atoms with E-state index in [1.165, 1.54) is 95.5 Å². The molecule has 0 bridgehead atoms. The van der Waals surface area contributed by atoms with Gasteiger partial charge in [0.05, 0.1) is 0 Å². The van der Waals surface area contributed by atoms with E-state index in [4.69, 9.17) is 0 Å². The van der Waals surface area contributed by atoms with Crippen LogP contribution in [-0.2, 0) is 6.42 Å². The minimum atomic E-state index is 0.771. The highest BCUT2D eigenvalue weighted by molar-refractivity contribution is 7.80. The predicted molar refractivity (Wildman–Crippen MR) is 175 cm³/mol. The highest BCUT2D eigenvalue weighted by Crippen LogP contribution is 2.34. The van der Waals surface area contributed by atoms with E-state index in [1.807, 2.05) is 20.8 Å². The van der Waals surface area contributed by atoms with Gasteiger partial charge >= 0.3 is 0 Å². The van der Waals surface area contributed by atoms with E-state index in [0.717, 1.165) is 23.5 Å². The lowest BCUT2D eigenvalue weighted by Gasteiger charge is -2.23. The van der Waals surface area contributed by atoms with Crippen LogP contribution in [0.3, 0.4) is 0 Å². The molecule has 0 saturated heterocycles. The molecular weight excluding hydrogens is 464 g/mol. The Morgan fingerprint density at radius 2 is 1.70 bits per heavy atom. The predicted octanol–water partition coefficient (Wildman–Crippen LogP) is 12.4. The van der Waals surface area contributed by atoms with Gasteiger partial charge in [0.25, 0.3) is 0 Å². The van der Waals surface area contributed by atoms with Gasteiger partial charge < -0.3 is 0 Å². The molecule has 0 saturated carbocycles. The Balaban J connectivity index is 0.000000588. The van der Waals surface area contributed by atoms with E-state index in [2.05, 4.69) is 76.9 Å². The molecule has 37 heavy (non-hydrogen) atoms. The second-order valence-electron chi connectivity index (χ2n) is 10.7. The Kier molecular flexibility index (Phi) is 23.2. The summed E-state index contributed by atoms with van der Waals surface area (Å²) in [6.45, 7) is 18.6. The summed E-state index contributed by atoms with van der Waals surface area (Å²) in [7, 11) is 0. The summed E-state index contributed by atoms with van der Waals surface area (Å²) in [6.07, 6.45) is 23.2. The number of rotatable bonds is 10. The van der Waals surface area contributed by atoms with E-state index in [9.17, 15) is 0 Å². The van der Waals surface area contributed by atoms with Crippen molar-refractivity contribution in [2.24, 2.45) is 11.8 Å². The summed E-state index contributed by atoms with van der Waals surface area (Å²) in [5, 5.41) is 0. The molecule has 0 fully saturated rings. The molecule has 0 radical (unpaired) electrons. The number of fused-ring (bicyclic) bond motifs is 1. The second-order valence-corrected chi connectivity index (χ2v) is 11.2. The van der Waals surface area contributed by atoms with Crippen LogP contribution >= 0.6 is 12.6 Å². The van der Waals surface area contributed by atoms with Gasteiger partial charge in [-0.05, 0) is 110 Å². The molecule has 1 heteroatoms. The number of thiol groups is 1. The molecule has 0 aliphatic heterocycles. The molecule has 1 aromatic rings. The molecule has 0 aromatic heterocycles. The van der Waals surface area contributed by atoms with Crippen LogP contribution in [0.25, 0.3) is 5.57 Å². The SMILES string of the molecule is C=C=CC.CC.CC1CCCc2cc(C3=CCCCC3)ccc21.CCCC(CCC)C(C)CCCCS. The van der Waals surface area contributed by atoms with Crippen molar-refractivity contribution in [3.05, 3.63) is 59.4 Å². The summed E-state index contributed by atoms with van der Waals surface area (Å²) < 4.78 is 0. The number of hydrogen-bond acceptors (Lipinski definition) is 1. The highest BCUT2D eigenvalue weighted by Gasteiger charge is 2.17. The molecule has 0 amide bonds. The first-order valence-corrected chi connectivity index (χ1v) is 16.4. The molecule has 3 rings (SSSR count).